The predicted octanol–water partition coefficient (Wildman–Crippen LogP) is 3.09. The van der Waals surface area contributed by atoms with Crippen molar-refractivity contribution in [2.75, 3.05) is 12.4 Å². The van der Waals surface area contributed by atoms with Crippen LogP contribution in [0.25, 0.3) is 0 Å². The molecule has 2 N–H and O–H groups in total. The molecular weight excluding hydrogens is 214 g/mol. The van der Waals surface area contributed by atoms with E-state index in [1.54, 1.807) is 0 Å². The van der Waals surface area contributed by atoms with Crippen molar-refractivity contribution in [1.82, 2.24) is 0 Å². The highest BCUT2D eigenvalue weighted by Gasteiger charge is 2.31. The zero-order valence-corrected chi connectivity index (χ0v) is 10.1. The van der Waals surface area contributed by atoms with E-state index in [0.717, 1.165) is 36.9 Å². The largest absolute Gasteiger partial charge is 0.481 e. The second kappa shape index (κ2) is 5.21. The molecule has 1 aliphatic rings. The van der Waals surface area contributed by atoms with Crippen LogP contribution in [0.3, 0.4) is 0 Å². The summed E-state index contributed by atoms with van der Waals surface area (Å²) in [7, 11) is 1.88. The minimum Gasteiger partial charge on any atom is -0.481 e. The Morgan fingerprint density at radius 1 is 1.24 bits per heavy atom. The molecule has 0 heterocycles. The molecule has 0 amide bonds. The molecule has 3 nitrogen and oxygen atoms in total. The second-order valence-corrected chi connectivity index (χ2v) is 4.71. The van der Waals surface area contributed by atoms with Gasteiger partial charge in [-0.2, -0.15) is 0 Å². The van der Waals surface area contributed by atoms with E-state index in [9.17, 15) is 9.90 Å². The average molecular weight is 233 g/mol. The topological polar surface area (TPSA) is 49.3 Å². The van der Waals surface area contributed by atoms with Gasteiger partial charge in [0.2, 0.25) is 0 Å². The van der Waals surface area contributed by atoms with Crippen LogP contribution in [0.5, 0.6) is 0 Å². The molecule has 1 saturated carbocycles. The lowest BCUT2D eigenvalue weighted by Crippen LogP contribution is -2.25. The highest BCUT2D eigenvalue weighted by atomic mass is 16.4. The summed E-state index contributed by atoms with van der Waals surface area (Å²) >= 11 is 0. The third-order valence-corrected chi connectivity index (χ3v) is 3.71. The fourth-order valence-electron chi connectivity index (χ4n) is 2.72. The van der Waals surface area contributed by atoms with Crippen LogP contribution in [-0.4, -0.2) is 18.1 Å². The zero-order chi connectivity index (χ0) is 12.3. The average Bonchev–Trinajstić information content (AvgIpc) is 2.39. The van der Waals surface area contributed by atoms with Gasteiger partial charge in [-0.3, -0.25) is 4.79 Å². The van der Waals surface area contributed by atoms with Gasteiger partial charge >= 0.3 is 5.97 Å². The summed E-state index contributed by atoms with van der Waals surface area (Å²) < 4.78 is 0. The van der Waals surface area contributed by atoms with Gasteiger partial charge in [0.1, 0.15) is 0 Å². The molecule has 1 aromatic rings. The van der Waals surface area contributed by atoms with E-state index in [-0.39, 0.29) is 11.8 Å². The number of hydrogen-bond donors (Lipinski definition) is 2. The maximum Gasteiger partial charge on any atom is 0.307 e. The summed E-state index contributed by atoms with van der Waals surface area (Å²) in [5.74, 6) is -0.663. The number of anilines is 1. The number of aliphatic carboxylic acids is 1. The lowest BCUT2D eigenvalue weighted by Gasteiger charge is -2.28. The Labute approximate surface area is 102 Å². The van der Waals surface area contributed by atoms with Crippen LogP contribution in [0.1, 0.15) is 37.2 Å². The zero-order valence-electron chi connectivity index (χ0n) is 10.1. The van der Waals surface area contributed by atoms with Crippen LogP contribution in [-0.2, 0) is 4.79 Å². The number of benzene rings is 1. The Morgan fingerprint density at radius 2 is 1.88 bits per heavy atom. The second-order valence-electron chi connectivity index (χ2n) is 4.71. The molecule has 0 saturated heterocycles. The standard InChI is InChI=1S/C14H19NO2/c1-15-11-8-6-10(7-9-11)12-4-2-3-5-13(12)14(16)17/h6-9,12-13,15H,2-5H2,1H3,(H,16,17)/t12-,13?/m0/s1. The SMILES string of the molecule is CNc1ccc([C@@H]2CCCCC2C(=O)O)cc1. The Kier molecular flexibility index (Phi) is 3.67. The fourth-order valence-corrected chi connectivity index (χ4v) is 2.72. The van der Waals surface area contributed by atoms with E-state index >= 15 is 0 Å². The molecule has 0 radical (unpaired) electrons. The normalized spacial score (nSPS) is 24.3. The molecule has 92 valence electrons. The van der Waals surface area contributed by atoms with Crippen LogP contribution in [0.4, 0.5) is 5.69 Å². The number of nitrogens with one attached hydrogen (secondary N) is 1. The van der Waals surface area contributed by atoms with Crippen molar-refractivity contribution in [3.63, 3.8) is 0 Å². The van der Waals surface area contributed by atoms with E-state index in [2.05, 4.69) is 17.4 Å². The molecule has 0 aliphatic heterocycles. The van der Waals surface area contributed by atoms with Crippen LogP contribution in [0.15, 0.2) is 24.3 Å². The number of carboxylic acids is 1. The van der Waals surface area contributed by atoms with Gasteiger partial charge in [0.25, 0.3) is 0 Å². The van der Waals surface area contributed by atoms with E-state index in [1.807, 2.05) is 19.2 Å². The van der Waals surface area contributed by atoms with E-state index in [0.29, 0.717) is 0 Å². The maximum atomic E-state index is 11.2. The first-order valence-corrected chi connectivity index (χ1v) is 6.23. The van der Waals surface area contributed by atoms with Crippen molar-refractivity contribution in [3.8, 4) is 0 Å². The van der Waals surface area contributed by atoms with E-state index < -0.39 is 5.97 Å². The van der Waals surface area contributed by atoms with Crippen LogP contribution >= 0.6 is 0 Å². The Morgan fingerprint density at radius 3 is 2.47 bits per heavy atom. The Balaban J connectivity index is 2.20. The first kappa shape index (κ1) is 12.0. The number of carbonyl (C=O) groups is 1. The van der Waals surface area contributed by atoms with Crippen molar-refractivity contribution >= 4 is 11.7 Å². The van der Waals surface area contributed by atoms with Gasteiger partial charge in [0, 0.05) is 12.7 Å². The molecule has 0 spiro atoms. The lowest BCUT2D eigenvalue weighted by molar-refractivity contribution is -0.143. The molecule has 1 aromatic carbocycles. The van der Waals surface area contributed by atoms with Crippen LogP contribution in [0, 0.1) is 5.92 Å². The first-order valence-electron chi connectivity index (χ1n) is 6.23. The maximum absolute atomic E-state index is 11.2. The minimum atomic E-state index is -0.646. The van der Waals surface area contributed by atoms with Crippen molar-refractivity contribution in [2.24, 2.45) is 5.92 Å². The monoisotopic (exact) mass is 233 g/mol. The number of hydrogen-bond acceptors (Lipinski definition) is 2. The smallest absolute Gasteiger partial charge is 0.307 e. The highest BCUT2D eigenvalue weighted by molar-refractivity contribution is 5.71. The Bertz CT molecular complexity index is 386. The van der Waals surface area contributed by atoms with Crippen molar-refractivity contribution in [1.29, 1.82) is 0 Å². The molecule has 0 bridgehead atoms. The van der Waals surface area contributed by atoms with Crippen LogP contribution in [0.2, 0.25) is 0 Å². The number of carboxylic acid groups (broad SMARTS) is 1. The molecule has 3 heteroatoms. The Hall–Kier alpha value is -1.51. The predicted molar refractivity (Wildman–Crippen MR) is 68.3 cm³/mol. The van der Waals surface area contributed by atoms with Gasteiger partial charge < -0.3 is 10.4 Å². The van der Waals surface area contributed by atoms with Crippen molar-refractivity contribution in [3.05, 3.63) is 29.8 Å². The van der Waals surface area contributed by atoms with Crippen molar-refractivity contribution < 1.29 is 9.90 Å². The fraction of sp³-hybridized carbons (Fsp3) is 0.500. The van der Waals surface area contributed by atoms with Gasteiger partial charge in [0.15, 0.2) is 0 Å². The quantitative estimate of drug-likeness (QED) is 0.843. The van der Waals surface area contributed by atoms with Gasteiger partial charge in [-0.1, -0.05) is 25.0 Å². The first-order chi connectivity index (χ1) is 8.22. The third-order valence-electron chi connectivity index (χ3n) is 3.71. The molecule has 2 atom stereocenters. The van der Waals surface area contributed by atoms with Crippen LogP contribution < -0.4 is 5.32 Å². The van der Waals surface area contributed by atoms with E-state index in [1.165, 1.54) is 0 Å². The van der Waals surface area contributed by atoms with Gasteiger partial charge in [0.05, 0.1) is 5.92 Å². The number of rotatable bonds is 3. The summed E-state index contributed by atoms with van der Waals surface area (Å²) in [5, 5.41) is 12.3. The molecule has 0 aromatic heterocycles. The van der Waals surface area contributed by atoms with Crippen molar-refractivity contribution in [2.45, 2.75) is 31.6 Å². The molecule has 2 rings (SSSR count). The lowest BCUT2D eigenvalue weighted by atomic mass is 9.75. The summed E-state index contributed by atoms with van der Waals surface area (Å²) in [6.07, 6.45) is 3.99. The van der Waals surface area contributed by atoms with Gasteiger partial charge in [-0.25, -0.2) is 0 Å². The molecule has 1 aliphatic carbocycles. The van der Waals surface area contributed by atoms with Gasteiger partial charge in [-0.05, 0) is 36.5 Å². The summed E-state index contributed by atoms with van der Waals surface area (Å²) in [6.45, 7) is 0. The molecule has 1 unspecified atom stereocenters. The molecular formula is C14H19NO2. The summed E-state index contributed by atoms with van der Waals surface area (Å²) in [6, 6.07) is 8.14. The van der Waals surface area contributed by atoms with Gasteiger partial charge in [-0.15, -0.1) is 0 Å². The summed E-state index contributed by atoms with van der Waals surface area (Å²) in [4.78, 5) is 11.2. The minimum absolute atomic E-state index is 0.187. The molecule has 17 heavy (non-hydrogen) atoms. The molecule has 1 fully saturated rings. The van der Waals surface area contributed by atoms with E-state index in [4.69, 9.17) is 0 Å². The summed E-state index contributed by atoms with van der Waals surface area (Å²) in [5.41, 5.74) is 2.23. The highest BCUT2D eigenvalue weighted by Crippen LogP contribution is 2.38. The third kappa shape index (κ3) is 2.60.